The maximum atomic E-state index is 13.3. The Hall–Kier alpha value is -2.89. The lowest BCUT2D eigenvalue weighted by Crippen LogP contribution is -2.24. The average Bonchev–Trinajstić information content (AvgIpc) is 2.55. The normalized spacial score (nSPS) is 10.5. The van der Waals surface area contributed by atoms with E-state index >= 15 is 0 Å². The number of hydrogen-bond acceptors (Lipinski definition) is 4. The molecule has 2 rings (SSSR count). The van der Waals surface area contributed by atoms with Gasteiger partial charge in [0.15, 0.2) is 6.61 Å². The molecule has 0 spiro atoms. The molecule has 0 fully saturated rings. The van der Waals surface area contributed by atoms with Gasteiger partial charge in [-0.1, -0.05) is 18.2 Å². The van der Waals surface area contributed by atoms with Gasteiger partial charge in [0.1, 0.15) is 17.3 Å². The third-order valence-corrected chi connectivity index (χ3v) is 2.73. The molecule has 5 nitrogen and oxygen atoms in total. The summed E-state index contributed by atoms with van der Waals surface area (Å²) in [5, 5.41) is 3.68. The number of carbonyl (C=O) groups excluding carboxylic acids is 1. The van der Waals surface area contributed by atoms with Gasteiger partial charge in [0.25, 0.3) is 5.91 Å². The standard InChI is InChI=1S/C16H15FN2O3/c1-21-13-6-8-14(9-7-13)22-11-16(20)19-18-10-12-4-2-3-5-15(12)17/h2-10H,11H2,1H3,(H,19,20). The Morgan fingerprint density at radius 1 is 1.18 bits per heavy atom. The fraction of sp³-hybridized carbons (Fsp3) is 0.125. The summed E-state index contributed by atoms with van der Waals surface area (Å²) in [6.45, 7) is -0.194. The molecule has 0 aromatic heterocycles. The second kappa shape index (κ2) is 7.78. The van der Waals surface area contributed by atoms with Crippen LogP contribution >= 0.6 is 0 Å². The second-order valence-electron chi connectivity index (χ2n) is 4.28. The number of rotatable bonds is 6. The van der Waals surface area contributed by atoms with Crippen LogP contribution in [0.15, 0.2) is 53.6 Å². The first kappa shape index (κ1) is 15.5. The van der Waals surface area contributed by atoms with E-state index in [9.17, 15) is 9.18 Å². The summed E-state index contributed by atoms with van der Waals surface area (Å²) in [4.78, 5) is 11.5. The van der Waals surface area contributed by atoms with Crippen LogP contribution in [0.25, 0.3) is 0 Å². The molecule has 0 aliphatic carbocycles. The molecule has 6 heteroatoms. The minimum atomic E-state index is -0.441. The van der Waals surface area contributed by atoms with Crippen LogP contribution in [-0.4, -0.2) is 25.8 Å². The first-order valence-corrected chi connectivity index (χ1v) is 6.52. The fourth-order valence-electron chi connectivity index (χ4n) is 1.61. The summed E-state index contributed by atoms with van der Waals surface area (Å²) in [5.41, 5.74) is 2.56. The Balaban J connectivity index is 1.79. The molecule has 0 atom stereocenters. The van der Waals surface area contributed by atoms with Gasteiger partial charge in [-0.2, -0.15) is 5.10 Å². The molecule has 0 unspecified atom stereocenters. The van der Waals surface area contributed by atoms with Crippen molar-refractivity contribution in [1.29, 1.82) is 0 Å². The number of nitrogens with zero attached hydrogens (tertiary/aromatic N) is 1. The highest BCUT2D eigenvalue weighted by atomic mass is 19.1. The molecule has 0 saturated carbocycles. The highest BCUT2D eigenvalue weighted by Gasteiger charge is 2.02. The zero-order valence-electron chi connectivity index (χ0n) is 12.0. The maximum Gasteiger partial charge on any atom is 0.277 e. The summed E-state index contributed by atoms with van der Waals surface area (Å²) < 4.78 is 23.6. The van der Waals surface area contributed by atoms with Crippen LogP contribution in [0, 0.1) is 5.82 Å². The zero-order valence-corrected chi connectivity index (χ0v) is 12.0. The number of carbonyl (C=O) groups is 1. The molecular formula is C16H15FN2O3. The van der Waals surface area contributed by atoms with E-state index in [1.54, 1.807) is 49.6 Å². The van der Waals surface area contributed by atoms with Gasteiger partial charge in [-0.25, -0.2) is 9.82 Å². The second-order valence-corrected chi connectivity index (χ2v) is 4.28. The number of halogens is 1. The number of hydrogen-bond donors (Lipinski definition) is 1. The summed E-state index contributed by atoms with van der Waals surface area (Å²) in [5.74, 6) is 0.388. The molecule has 1 N–H and O–H groups in total. The number of hydrazone groups is 1. The molecule has 0 radical (unpaired) electrons. The highest BCUT2D eigenvalue weighted by molar-refractivity contribution is 5.83. The Morgan fingerprint density at radius 2 is 1.86 bits per heavy atom. The van der Waals surface area contributed by atoms with Crippen molar-refractivity contribution in [1.82, 2.24) is 5.43 Å². The van der Waals surface area contributed by atoms with E-state index < -0.39 is 11.7 Å². The van der Waals surface area contributed by atoms with Crippen molar-refractivity contribution < 1.29 is 18.7 Å². The molecule has 0 aliphatic rings. The Labute approximate surface area is 127 Å². The van der Waals surface area contributed by atoms with Crippen LogP contribution in [0.5, 0.6) is 11.5 Å². The minimum Gasteiger partial charge on any atom is -0.497 e. The highest BCUT2D eigenvalue weighted by Crippen LogP contribution is 2.16. The lowest BCUT2D eigenvalue weighted by molar-refractivity contribution is -0.123. The number of ether oxygens (including phenoxy) is 2. The molecule has 1 amide bonds. The monoisotopic (exact) mass is 302 g/mol. The lowest BCUT2D eigenvalue weighted by atomic mass is 10.2. The van der Waals surface area contributed by atoms with Crippen molar-refractivity contribution in [3.63, 3.8) is 0 Å². The number of amides is 1. The van der Waals surface area contributed by atoms with Crippen LogP contribution in [0.1, 0.15) is 5.56 Å². The molecule has 0 bridgehead atoms. The third-order valence-electron chi connectivity index (χ3n) is 2.73. The third kappa shape index (κ3) is 4.59. The van der Waals surface area contributed by atoms with Crippen molar-refractivity contribution in [3.8, 4) is 11.5 Å². The summed E-state index contributed by atoms with van der Waals surface area (Å²) in [6.07, 6.45) is 1.24. The van der Waals surface area contributed by atoms with Crippen molar-refractivity contribution in [3.05, 3.63) is 59.9 Å². The van der Waals surface area contributed by atoms with Crippen LogP contribution in [-0.2, 0) is 4.79 Å². The first-order chi connectivity index (χ1) is 10.7. The van der Waals surface area contributed by atoms with Gasteiger partial charge in [0.2, 0.25) is 0 Å². The summed E-state index contributed by atoms with van der Waals surface area (Å²) in [7, 11) is 1.57. The van der Waals surface area contributed by atoms with E-state index in [1.807, 2.05) is 0 Å². The topological polar surface area (TPSA) is 59.9 Å². The quantitative estimate of drug-likeness (QED) is 0.658. The predicted molar refractivity (Wildman–Crippen MR) is 80.6 cm³/mol. The Kier molecular flexibility index (Phi) is 5.48. The van der Waals surface area contributed by atoms with Crippen molar-refractivity contribution in [2.75, 3.05) is 13.7 Å². The van der Waals surface area contributed by atoms with E-state index in [0.29, 0.717) is 17.1 Å². The van der Waals surface area contributed by atoms with Gasteiger partial charge in [0, 0.05) is 5.56 Å². The smallest absolute Gasteiger partial charge is 0.277 e. The molecule has 0 aliphatic heterocycles. The molecule has 2 aromatic carbocycles. The summed E-state index contributed by atoms with van der Waals surface area (Å²) in [6, 6.07) is 13.0. The summed E-state index contributed by atoms with van der Waals surface area (Å²) >= 11 is 0. The van der Waals surface area contributed by atoms with Gasteiger partial charge >= 0.3 is 0 Å². The van der Waals surface area contributed by atoms with Gasteiger partial charge < -0.3 is 9.47 Å². The SMILES string of the molecule is COc1ccc(OCC(=O)NN=Cc2ccccc2F)cc1. The van der Waals surface area contributed by atoms with Gasteiger partial charge in [-0.15, -0.1) is 0 Å². The molecule has 0 heterocycles. The fourth-order valence-corrected chi connectivity index (χ4v) is 1.61. The van der Waals surface area contributed by atoms with Gasteiger partial charge in [-0.3, -0.25) is 4.79 Å². The largest absolute Gasteiger partial charge is 0.497 e. The minimum absolute atomic E-state index is 0.194. The molecule has 22 heavy (non-hydrogen) atoms. The maximum absolute atomic E-state index is 13.3. The first-order valence-electron chi connectivity index (χ1n) is 6.52. The number of benzene rings is 2. The molecular weight excluding hydrogens is 287 g/mol. The van der Waals surface area contributed by atoms with E-state index in [-0.39, 0.29) is 6.61 Å². The predicted octanol–water partition coefficient (Wildman–Crippen LogP) is 2.36. The van der Waals surface area contributed by atoms with Crippen molar-refractivity contribution in [2.24, 2.45) is 5.10 Å². The van der Waals surface area contributed by atoms with E-state index in [4.69, 9.17) is 9.47 Å². The van der Waals surface area contributed by atoms with E-state index in [1.165, 1.54) is 12.3 Å². The molecule has 2 aromatic rings. The zero-order chi connectivity index (χ0) is 15.8. The average molecular weight is 302 g/mol. The Morgan fingerprint density at radius 3 is 2.55 bits per heavy atom. The van der Waals surface area contributed by atoms with Crippen LogP contribution in [0.4, 0.5) is 4.39 Å². The lowest BCUT2D eigenvalue weighted by Gasteiger charge is -2.05. The van der Waals surface area contributed by atoms with Crippen LogP contribution in [0.2, 0.25) is 0 Å². The number of methoxy groups -OCH3 is 1. The number of nitrogens with one attached hydrogen (secondary N) is 1. The van der Waals surface area contributed by atoms with E-state index in [2.05, 4.69) is 10.5 Å². The van der Waals surface area contributed by atoms with E-state index in [0.717, 1.165) is 0 Å². The Bertz CT molecular complexity index is 657. The van der Waals surface area contributed by atoms with Crippen LogP contribution in [0.3, 0.4) is 0 Å². The van der Waals surface area contributed by atoms with Crippen LogP contribution < -0.4 is 14.9 Å². The van der Waals surface area contributed by atoms with Crippen molar-refractivity contribution in [2.45, 2.75) is 0 Å². The van der Waals surface area contributed by atoms with Gasteiger partial charge in [0.05, 0.1) is 13.3 Å². The van der Waals surface area contributed by atoms with Crippen molar-refractivity contribution >= 4 is 12.1 Å². The molecule has 114 valence electrons. The molecule has 0 saturated heterocycles. The van der Waals surface area contributed by atoms with Gasteiger partial charge in [-0.05, 0) is 30.3 Å².